The summed E-state index contributed by atoms with van der Waals surface area (Å²) in [6, 6.07) is 0. The van der Waals surface area contributed by atoms with Crippen LogP contribution < -0.4 is 0 Å². The van der Waals surface area contributed by atoms with Crippen molar-refractivity contribution in [3.63, 3.8) is 0 Å². The largest absolute Gasteiger partial charge is 0.444 e. The molecule has 1 nitrogen and oxygen atoms in total. The highest BCUT2D eigenvalue weighted by atomic mass is 16.4. The van der Waals surface area contributed by atoms with Crippen LogP contribution in [0.15, 0.2) is 0 Å². The molecule has 1 rings (SSSR count). The molecule has 0 saturated heterocycles. The molecule has 0 radical (unpaired) electrons. The molecule has 1 fully saturated rings. The lowest BCUT2D eigenvalue weighted by molar-refractivity contribution is 0.282. The maximum Gasteiger partial charge on any atom is 0.257 e. The number of hydrogen-bond donors (Lipinski definition) is 0. The molecule has 1 unspecified atom stereocenters. The van der Waals surface area contributed by atoms with Crippen LogP contribution in [0.2, 0.25) is 0 Å². The summed E-state index contributed by atoms with van der Waals surface area (Å²) < 4.78 is 5.08. The Hall–Kier alpha value is 0.0249. The van der Waals surface area contributed by atoms with Gasteiger partial charge in [0.25, 0.3) is 8.05 Å². The smallest absolute Gasteiger partial charge is 0.257 e. The maximum atomic E-state index is 5.08. The molecule has 1 aliphatic carbocycles. The summed E-state index contributed by atoms with van der Waals surface area (Å²) in [5.41, 5.74) is 0. The van der Waals surface area contributed by atoms with Gasteiger partial charge in [0.05, 0.1) is 0 Å². The van der Waals surface area contributed by atoms with Gasteiger partial charge in [0, 0.05) is 6.61 Å². The fraction of sp³-hybridized carbons (Fsp3) is 1.00. The molecule has 0 spiro atoms. The Morgan fingerprint density at radius 2 is 2.08 bits per heavy atom. The Bertz CT molecular complexity index is 110. The molecule has 0 heterocycles. The minimum absolute atomic E-state index is 0.869. The average molecular weight is 168 g/mol. The summed E-state index contributed by atoms with van der Waals surface area (Å²) >= 11 is 0. The highest BCUT2D eigenvalue weighted by Crippen LogP contribution is 2.30. The molecule has 12 heavy (non-hydrogen) atoms. The van der Waals surface area contributed by atoms with E-state index in [1.807, 2.05) is 0 Å². The van der Waals surface area contributed by atoms with Gasteiger partial charge in [-0.05, 0) is 24.7 Å². The van der Waals surface area contributed by atoms with E-state index in [9.17, 15) is 0 Å². The quantitative estimate of drug-likeness (QED) is 0.571. The molecule has 0 bridgehead atoms. The Labute approximate surface area is 77.3 Å². The Kier molecular flexibility index (Phi) is 4.74. The van der Waals surface area contributed by atoms with Crippen molar-refractivity contribution in [1.82, 2.24) is 0 Å². The molecule has 70 valence electrons. The molecule has 2 heteroatoms. The zero-order valence-electron chi connectivity index (χ0n) is 8.51. The van der Waals surface area contributed by atoms with Gasteiger partial charge in [0.2, 0.25) is 0 Å². The second-order valence-electron chi connectivity index (χ2n) is 4.27. The zero-order valence-corrected chi connectivity index (χ0v) is 8.51. The van der Waals surface area contributed by atoms with Crippen molar-refractivity contribution in [1.29, 1.82) is 0 Å². The van der Waals surface area contributed by atoms with Crippen LogP contribution in [0.3, 0.4) is 0 Å². The first-order chi connectivity index (χ1) is 5.83. The van der Waals surface area contributed by atoms with Crippen molar-refractivity contribution >= 4 is 8.05 Å². The van der Waals surface area contributed by atoms with Gasteiger partial charge in [-0.2, -0.15) is 0 Å². The Balaban J connectivity index is 2.03. The van der Waals surface area contributed by atoms with Crippen molar-refractivity contribution in [3.05, 3.63) is 0 Å². The third-order valence-electron chi connectivity index (χ3n) is 3.03. The molecule has 0 aliphatic heterocycles. The fourth-order valence-electron chi connectivity index (χ4n) is 2.25. The molecule has 1 saturated carbocycles. The van der Waals surface area contributed by atoms with Crippen molar-refractivity contribution in [3.8, 4) is 0 Å². The molecule has 0 amide bonds. The minimum atomic E-state index is 0.869. The first-order valence-electron chi connectivity index (χ1n) is 5.32. The first-order valence-corrected chi connectivity index (χ1v) is 5.32. The lowest BCUT2D eigenvalue weighted by Crippen LogP contribution is -2.05. The van der Waals surface area contributed by atoms with Gasteiger partial charge in [-0.25, -0.2) is 0 Å². The Morgan fingerprint density at radius 1 is 1.42 bits per heavy atom. The van der Waals surface area contributed by atoms with Crippen LogP contribution in [0, 0.1) is 11.8 Å². The normalized spacial score (nSPS) is 21.4. The van der Waals surface area contributed by atoms with E-state index < -0.39 is 0 Å². The monoisotopic (exact) mass is 168 g/mol. The van der Waals surface area contributed by atoms with Crippen LogP contribution in [0.1, 0.15) is 45.4 Å². The van der Waals surface area contributed by atoms with Gasteiger partial charge < -0.3 is 4.65 Å². The highest BCUT2D eigenvalue weighted by Gasteiger charge is 2.17. The third kappa shape index (κ3) is 3.62. The second kappa shape index (κ2) is 5.63. The lowest BCUT2D eigenvalue weighted by atomic mass is 9.93. The lowest BCUT2D eigenvalue weighted by Gasteiger charge is -2.15. The minimum Gasteiger partial charge on any atom is -0.444 e. The van der Waals surface area contributed by atoms with Gasteiger partial charge in [0.15, 0.2) is 0 Å². The van der Waals surface area contributed by atoms with Crippen molar-refractivity contribution < 1.29 is 4.65 Å². The third-order valence-corrected chi connectivity index (χ3v) is 3.03. The topological polar surface area (TPSA) is 9.23 Å². The van der Waals surface area contributed by atoms with E-state index in [0.29, 0.717) is 0 Å². The van der Waals surface area contributed by atoms with Crippen LogP contribution in [-0.4, -0.2) is 14.7 Å². The first kappa shape index (κ1) is 10.1. The zero-order chi connectivity index (χ0) is 8.81. The van der Waals surface area contributed by atoms with Crippen LogP contribution in [0.25, 0.3) is 0 Å². The van der Waals surface area contributed by atoms with E-state index in [1.54, 1.807) is 8.05 Å². The SMILES string of the molecule is BOCCC(C)CC1CCCC1. The van der Waals surface area contributed by atoms with Crippen LogP contribution in [0.5, 0.6) is 0 Å². The van der Waals surface area contributed by atoms with Crippen LogP contribution in [-0.2, 0) is 4.65 Å². The predicted octanol–water partition coefficient (Wildman–Crippen LogP) is 2.16. The Morgan fingerprint density at radius 3 is 2.67 bits per heavy atom. The number of rotatable bonds is 5. The van der Waals surface area contributed by atoms with E-state index in [2.05, 4.69) is 6.92 Å². The molecule has 0 aromatic heterocycles. The van der Waals surface area contributed by atoms with Gasteiger partial charge in [0.1, 0.15) is 0 Å². The van der Waals surface area contributed by atoms with E-state index in [-0.39, 0.29) is 0 Å². The van der Waals surface area contributed by atoms with Crippen molar-refractivity contribution in [2.75, 3.05) is 6.61 Å². The molecule has 0 N–H and O–H groups in total. The van der Waals surface area contributed by atoms with E-state index in [0.717, 1.165) is 18.4 Å². The molecule has 0 aromatic carbocycles. The predicted molar refractivity (Wildman–Crippen MR) is 54.9 cm³/mol. The summed E-state index contributed by atoms with van der Waals surface area (Å²) in [6.07, 6.45) is 8.59. The van der Waals surface area contributed by atoms with Crippen molar-refractivity contribution in [2.24, 2.45) is 11.8 Å². The van der Waals surface area contributed by atoms with Crippen LogP contribution >= 0.6 is 0 Å². The molecule has 1 atom stereocenters. The van der Waals surface area contributed by atoms with Gasteiger partial charge in [-0.3, -0.25) is 0 Å². The van der Waals surface area contributed by atoms with E-state index in [4.69, 9.17) is 4.65 Å². The standard InChI is InChI=1S/C10H21BO/c1-9(6-7-12-11)8-10-4-2-3-5-10/h9-10H,2-8,11H2,1H3. The summed E-state index contributed by atoms with van der Waals surface area (Å²) in [4.78, 5) is 0. The van der Waals surface area contributed by atoms with Gasteiger partial charge in [-0.15, -0.1) is 0 Å². The summed E-state index contributed by atoms with van der Waals surface area (Å²) in [5, 5.41) is 0. The van der Waals surface area contributed by atoms with Crippen LogP contribution in [0.4, 0.5) is 0 Å². The summed E-state index contributed by atoms with van der Waals surface area (Å²) in [5.74, 6) is 1.91. The van der Waals surface area contributed by atoms with E-state index >= 15 is 0 Å². The van der Waals surface area contributed by atoms with Gasteiger partial charge in [-0.1, -0.05) is 32.6 Å². The molecule has 0 aromatic rings. The average Bonchev–Trinajstić information content (AvgIpc) is 2.53. The molecular weight excluding hydrogens is 147 g/mol. The fourth-order valence-corrected chi connectivity index (χ4v) is 2.25. The number of hydrogen-bond acceptors (Lipinski definition) is 1. The second-order valence-corrected chi connectivity index (χ2v) is 4.27. The van der Waals surface area contributed by atoms with Gasteiger partial charge >= 0.3 is 0 Å². The molecule has 1 aliphatic rings. The highest BCUT2D eigenvalue weighted by molar-refractivity contribution is 5.97. The summed E-state index contributed by atoms with van der Waals surface area (Å²) in [7, 11) is 1.79. The summed E-state index contributed by atoms with van der Waals surface area (Å²) in [6.45, 7) is 3.30. The van der Waals surface area contributed by atoms with E-state index in [1.165, 1.54) is 38.5 Å². The van der Waals surface area contributed by atoms with Crippen molar-refractivity contribution in [2.45, 2.75) is 45.4 Å². The maximum absolute atomic E-state index is 5.08. The molecular formula is C10H21BO.